The summed E-state index contributed by atoms with van der Waals surface area (Å²) in [4.78, 5) is 11.7. The van der Waals surface area contributed by atoms with E-state index in [2.05, 4.69) is 0 Å². The van der Waals surface area contributed by atoms with Crippen molar-refractivity contribution in [3.8, 4) is 0 Å². The first-order valence-corrected chi connectivity index (χ1v) is 9.34. The topological polar surface area (TPSA) is 89.6 Å². The van der Waals surface area contributed by atoms with Gasteiger partial charge in [0.1, 0.15) is 0 Å². The zero-order chi connectivity index (χ0) is 15.3. The van der Waals surface area contributed by atoms with E-state index in [0.717, 1.165) is 5.56 Å². The van der Waals surface area contributed by atoms with Gasteiger partial charge in [0.05, 0.1) is 0 Å². The quantitative estimate of drug-likeness (QED) is 0.586. The third-order valence-electron chi connectivity index (χ3n) is 2.65. The zero-order valence-corrected chi connectivity index (χ0v) is 14.1. The number of esters is 1. The third-order valence-corrected chi connectivity index (χ3v) is 4.39. The van der Waals surface area contributed by atoms with Crippen LogP contribution in [0.4, 0.5) is 0 Å². The molecule has 0 saturated heterocycles. The Morgan fingerprint density at radius 1 is 1.35 bits per heavy atom. The van der Waals surface area contributed by atoms with Crippen LogP contribution in [0.5, 0.6) is 0 Å². The predicted octanol–water partition coefficient (Wildman–Crippen LogP) is 0.139. The molecule has 0 aliphatic carbocycles. The molecule has 0 aliphatic rings. The molecule has 112 valence electrons. The van der Waals surface area contributed by atoms with Crippen LogP contribution in [0.1, 0.15) is 32.8 Å². The summed E-state index contributed by atoms with van der Waals surface area (Å²) in [6.07, 6.45) is 1.11. The molecule has 0 bridgehead atoms. The maximum atomic E-state index is 11.7. The molecule has 1 rings (SSSR count). The van der Waals surface area contributed by atoms with Gasteiger partial charge in [-0.2, -0.15) is 0 Å². The number of rotatable bonds is 5. The van der Waals surface area contributed by atoms with E-state index < -0.39 is 32.5 Å². The molecule has 0 radical (unpaired) electrons. The first kappa shape index (κ1) is 17.0. The van der Waals surface area contributed by atoms with E-state index in [9.17, 15) is 8.53 Å². The Labute approximate surface area is 124 Å². The van der Waals surface area contributed by atoms with E-state index in [-0.39, 0.29) is 0 Å². The van der Waals surface area contributed by atoms with Crippen LogP contribution in [-0.4, -0.2) is 36.6 Å². The monoisotopic (exact) mass is 343 g/mol. The Balaban J connectivity index is 2.50. The van der Waals surface area contributed by atoms with Crippen molar-refractivity contribution in [3.63, 3.8) is 0 Å². The standard InChI is InChI=1S/C14H22AsNO4/c1-14(2,3)20-13(17)12(16)9-6-10-4-7-11(8-5-10)15(18)19/h4-5,7-8,12,15H,6,9,16H2,1-3H3,(H,18,19). The number of aryl methyl sites for hydroxylation is 1. The Morgan fingerprint density at radius 3 is 2.35 bits per heavy atom. The molecule has 20 heavy (non-hydrogen) atoms. The van der Waals surface area contributed by atoms with Crippen LogP contribution in [0.2, 0.25) is 0 Å². The van der Waals surface area contributed by atoms with Gasteiger partial charge in [-0.3, -0.25) is 0 Å². The van der Waals surface area contributed by atoms with E-state index in [1.54, 1.807) is 45.0 Å². The molecule has 0 amide bonds. The molecule has 0 aliphatic heterocycles. The van der Waals surface area contributed by atoms with E-state index in [1.165, 1.54) is 0 Å². The zero-order valence-electron chi connectivity index (χ0n) is 12.1. The summed E-state index contributed by atoms with van der Waals surface area (Å²) in [6.45, 7) is 5.40. The van der Waals surface area contributed by atoms with Crippen molar-refractivity contribution in [3.05, 3.63) is 29.8 Å². The van der Waals surface area contributed by atoms with Crippen LogP contribution in [0.3, 0.4) is 0 Å². The summed E-state index contributed by atoms with van der Waals surface area (Å²) in [7, 11) is 0. The number of hydrogen-bond donors (Lipinski definition) is 2. The van der Waals surface area contributed by atoms with Gasteiger partial charge in [0.2, 0.25) is 0 Å². The minimum absolute atomic E-state index is 0.405. The van der Waals surface area contributed by atoms with Gasteiger partial charge in [-0.1, -0.05) is 0 Å². The van der Waals surface area contributed by atoms with Crippen molar-refractivity contribution < 1.29 is 17.4 Å². The Hall–Kier alpha value is -1.03. The Bertz CT molecular complexity index is 479. The van der Waals surface area contributed by atoms with Gasteiger partial charge >= 0.3 is 123 Å². The SMILES string of the molecule is CC(C)(C)OC(=O)C(N)CCc1ccc([AsH](=O)O)cc1. The van der Waals surface area contributed by atoms with Gasteiger partial charge in [0, 0.05) is 0 Å². The minimum atomic E-state index is -3.23. The summed E-state index contributed by atoms with van der Waals surface area (Å²) in [5.41, 5.74) is 6.24. The molecule has 3 N–H and O–H groups in total. The fourth-order valence-corrected chi connectivity index (χ4v) is 2.58. The summed E-state index contributed by atoms with van der Waals surface area (Å²) >= 11 is -3.23. The van der Waals surface area contributed by atoms with Crippen molar-refractivity contribution in [2.75, 3.05) is 0 Å². The first-order valence-electron chi connectivity index (χ1n) is 6.50. The molecule has 0 fully saturated rings. The molecule has 0 spiro atoms. The molecule has 1 aromatic rings. The second-order valence-electron chi connectivity index (χ2n) is 5.68. The second kappa shape index (κ2) is 7.11. The molecule has 0 saturated carbocycles. The van der Waals surface area contributed by atoms with Crippen molar-refractivity contribution in [1.82, 2.24) is 0 Å². The van der Waals surface area contributed by atoms with Gasteiger partial charge in [0.15, 0.2) is 0 Å². The van der Waals surface area contributed by atoms with Crippen LogP contribution in [-0.2, 0) is 19.7 Å². The Kier molecular flexibility index (Phi) is 6.05. The number of carbonyl (C=O) groups is 1. The molecule has 1 aromatic carbocycles. The van der Waals surface area contributed by atoms with Gasteiger partial charge in [-0.05, 0) is 0 Å². The summed E-state index contributed by atoms with van der Waals surface area (Å²) < 4.78 is 25.7. The second-order valence-corrected chi connectivity index (χ2v) is 8.17. The van der Waals surface area contributed by atoms with E-state index in [0.29, 0.717) is 17.2 Å². The fourth-order valence-electron chi connectivity index (χ4n) is 1.63. The first-order chi connectivity index (χ1) is 9.19. The summed E-state index contributed by atoms with van der Waals surface area (Å²) in [6, 6.07) is 6.22. The van der Waals surface area contributed by atoms with Crippen LogP contribution >= 0.6 is 0 Å². The molecular formula is C14H22AsNO4. The number of hydrogen-bond acceptors (Lipinski definition) is 4. The number of nitrogens with two attached hydrogens (primary N) is 1. The molecule has 0 heterocycles. The van der Waals surface area contributed by atoms with E-state index in [1.807, 2.05) is 0 Å². The van der Waals surface area contributed by atoms with Crippen molar-refractivity contribution >= 4 is 25.3 Å². The van der Waals surface area contributed by atoms with Gasteiger partial charge in [-0.15, -0.1) is 0 Å². The molecule has 6 heteroatoms. The Morgan fingerprint density at radius 2 is 1.90 bits per heavy atom. The molecule has 5 nitrogen and oxygen atoms in total. The van der Waals surface area contributed by atoms with Crippen molar-refractivity contribution in [2.24, 2.45) is 5.73 Å². The third kappa shape index (κ3) is 5.95. The van der Waals surface area contributed by atoms with Crippen LogP contribution < -0.4 is 10.1 Å². The maximum absolute atomic E-state index is 11.7. The molecule has 0 aromatic heterocycles. The van der Waals surface area contributed by atoms with Crippen molar-refractivity contribution in [1.29, 1.82) is 0 Å². The molecular weight excluding hydrogens is 321 g/mol. The van der Waals surface area contributed by atoms with Crippen molar-refractivity contribution in [2.45, 2.75) is 45.3 Å². The van der Waals surface area contributed by atoms with Crippen LogP contribution in [0, 0.1) is 0 Å². The van der Waals surface area contributed by atoms with Gasteiger partial charge < -0.3 is 0 Å². The summed E-state index contributed by atoms with van der Waals surface area (Å²) in [5, 5.41) is 0. The average molecular weight is 343 g/mol. The van der Waals surface area contributed by atoms with E-state index in [4.69, 9.17) is 14.6 Å². The van der Waals surface area contributed by atoms with Crippen LogP contribution in [0.15, 0.2) is 24.3 Å². The number of carbonyl (C=O) groups excluding carboxylic acids is 1. The van der Waals surface area contributed by atoms with Crippen LogP contribution in [0.25, 0.3) is 0 Å². The van der Waals surface area contributed by atoms with Gasteiger partial charge in [0.25, 0.3) is 0 Å². The molecule has 2 unspecified atom stereocenters. The molecule has 2 atom stereocenters. The summed E-state index contributed by atoms with van der Waals surface area (Å²) in [5.74, 6) is -0.405. The fraction of sp³-hybridized carbons (Fsp3) is 0.500. The average Bonchev–Trinajstić information content (AvgIpc) is 2.34. The van der Waals surface area contributed by atoms with E-state index >= 15 is 0 Å². The number of benzene rings is 1. The predicted molar refractivity (Wildman–Crippen MR) is 78.3 cm³/mol. The van der Waals surface area contributed by atoms with Gasteiger partial charge in [-0.25, -0.2) is 0 Å². The number of ether oxygens (including phenoxy) is 1. The normalized spacial score (nSPS) is 14.7.